The van der Waals surface area contributed by atoms with Crippen LogP contribution in [0.15, 0.2) is 36.5 Å². The summed E-state index contributed by atoms with van der Waals surface area (Å²) in [4.78, 5) is 4.02. The molecule has 0 aliphatic heterocycles. The van der Waals surface area contributed by atoms with Crippen molar-refractivity contribution in [3.63, 3.8) is 0 Å². The summed E-state index contributed by atoms with van der Waals surface area (Å²) in [6.07, 6.45) is 1.37. The summed E-state index contributed by atoms with van der Waals surface area (Å²) in [5, 5.41) is 12.1. The molecule has 0 radical (unpaired) electrons. The van der Waals surface area contributed by atoms with Crippen LogP contribution in [0.25, 0.3) is 0 Å². The smallest absolute Gasteiger partial charge is 0.146 e. The molecule has 2 aromatic rings. The predicted molar refractivity (Wildman–Crippen MR) is 64.4 cm³/mol. The van der Waals surface area contributed by atoms with Crippen LogP contribution in [0.3, 0.4) is 0 Å². The largest absolute Gasteiger partial charge is 0.506 e. The number of aryl methyl sites for hydroxylation is 1. The van der Waals surface area contributed by atoms with Gasteiger partial charge in [0.2, 0.25) is 0 Å². The summed E-state index contributed by atoms with van der Waals surface area (Å²) in [7, 11) is 0. The first-order valence-corrected chi connectivity index (χ1v) is 5.29. The predicted octanol–water partition coefficient (Wildman–Crippen LogP) is 2.85. The van der Waals surface area contributed by atoms with Crippen molar-refractivity contribution >= 4 is 5.69 Å². The Kier molecular flexibility index (Phi) is 3.23. The van der Waals surface area contributed by atoms with E-state index in [1.807, 2.05) is 13.0 Å². The molecule has 0 bridgehead atoms. The fraction of sp³-hybridized carbons (Fsp3) is 0.154. The van der Waals surface area contributed by atoms with Crippen molar-refractivity contribution in [2.45, 2.75) is 13.5 Å². The molecular weight excluding hydrogens is 219 g/mol. The van der Waals surface area contributed by atoms with E-state index in [1.165, 1.54) is 12.3 Å². The summed E-state index contributed by atoms with van der Waals surface area (Å²) >= 11 is 0. The average Bonchev–Trinajstić information content (AvgIpc) is 2.31. The number of rotatable bonds is 3. The minimum atomic E-state index is -0.274. The second-order valence-corrected chi connectivity index (χ2v) is 3.79. The Hall–Kier alpha value is -2.10. The molecule has 17 heavy (non-hydrogen) atoms. The number of benzene rings is 1. The van der Waals surface area contributed by atoms with Crippen molar-refractivity contribution < 1.29 is 9.50 Å². The molecule has 0 aliphatic carbocycles. The van der Waals surface area contributed by atoms with Crippen molar-refractivity contribution in [3.05, 3.63) is 53.6 Å². The molecule has 1 aromatic carbocycles. The van der Waals surface area contributed by atoms with Crippen LogP contribution in [0, 0.1) is 12.7 Å². The summed E-state index contributed by atoms with van der Waals surface area (Å²) in [6, 6.07) is 8.18. The highest BCUT2D eigenvalue weighted by Gasteiger charge is 2.04. The lowest BCUT2D eigenvalue weighted by molar-refractivity contribution is 0.472. The van der Waals surface area contributed by atoms with Gasteiger partial charge in [0.15, 0.2) is 0 Å². The number of hydrogen-bond donors (Lipinski definition) is 2. The Morgan fingerprint density at radius 1 is 1.29 bits per heavy atom. The number of halogens is 1. The van der Waals surface area contributed by atoms with Gasteiger partial charge in [-0.15, -0.1) is 0 Å². The zero-order chi connectivity index (χ0) is 12.3. The molecule has 0 aliphatic rings. The standard InChI is InChI=1S/C13H13FN2O/c1-9-3-2-4-12(14)13(9)16-7-10-5-6-11(17)8-15-10/h2-6,8,16-17H,7H2,1H3. The highest BCUT2D eigenvalue weighted by Crippen LogP contribution is 2.19. The van der Waals surface area contributed by atoms with Gasteiger partial charge in [-0.3, -0.25) is 4.98 Å². The summed E-state index contributed by atoms with van der Waals surface area (Å²) in [5.74, 6) is -0.153. The van der Waals surface area contributed by atoms with Crippen LogP contribution in [0.2, 0.25) is 0 Å². The van der Waals surface area contributed by atoms with E-state index < -0.39 is 0 Å². The second-order valence-electron chi connectivity index (χ2n) is 3.79. The Labute approximate surface area is 98.9 Å². The molecule has 3 nitrogen and oxygen atoms in total. The van der Waals surface area contributed by atoms with Crippen LogP contribution < -0.4 is 5.32 Å². The number of anilines is 1. The topological polar surface area (TPSA) is 45.1 Å². The third-order valence-electron chi connectivity index (χ3n) is 2.48. The Balaban J connectivity index is 2.10. The number of hydrogen-bond acceptors (Lipinski definition) is 3. The zero-order valence-electron chi connectivity index (χ0n) is 9.44. The molecule has 2 rings (SSSR count). The molecule has 1 aromatic heterocycles. The molecule has 0 spiro atoms. The molecular formula is C13H13FN2O. The molecule has 2 N–H and O–H groups in total. The van der Waals surface area contributed by atoms with E-state index in [0.717, 1.165) is 11.3 Å². The molecule has 0 saturated carbocycles. The fourth-order valence-electron chi connectivity index (χ4n) is 1.56. The maximum Gasteiger partial charge on any atom is 0.146 e. The van der Waals surface area contributed by atoms with E-state index in [0.29, 0.717) is 12.2 Å². The van der Waals surface area contributed by atoms with Gasteiger partial charge in [0.1, 0.15) is 11.6 Å². The van der Waals surface area contributed by atoms with Crippen LogP contribution in [-0.2, 0) is 6.54 Å². The third kappa shape index (κ3) is 2.72. The van der Waals surface area contributed by atoms with Gasteiger partial charge < -0.3 is 10.4 Å². The van der Waals surface area contributed by atoms with Crippen molar-refractivity contribution in [3.8, 4) is 5.75 Å². The lowest BCUT2D eigenvalue weighted by atomic mass is 10.2. The molecule has 0 unspecified atom stereocenters. The molecule has 88 valence electrons. The van der Waals surface area contributed by atoms with Crippen molar-refractivity contribution in [2.75, 3.05) is 5.32 Å². The van der Waals surface area contributed by atoms with Gasteiger partial charge in [-0.05, 0) is 30.7 Å². The lowest BCUT2D eigenvalue weighted by Crippen LogP contribution is -2.04. The van der Waals surface area contributed by atoms with Gasteiger partial charge in [0, 0.05) is 0 Å². The van der Waals surface area contributed by atoms with Crippen molar-refractivity contribution in [2.24, 2.45) is 0 Å². The van der Waals surface area contributed by atoms with Crippen LogP contribution >= 0.6 is 0 Å². The van der Waals surface area contributed by atoms with Gasteiger partial charge in [-0.1, -0.05) is 12.1 Å². The normalized spacial score (nSPS) is 10.2. The van der Waals surface area contributed by atoms with Crippen LogP contribution in [0.4, 0.5) is 10.1 Å². The third-order valence-corrected chi connectivity index (χ3v) is 2.48. The fourth-order valence-corrected chi connectivity index (χ4v) is 1.56. The van der Waals surface area contributed by atoms with E-state index in [-0.39, 0.29) is 11.6 Å². The van der Waals surface area contributed by atoms with Crippen molar-refractivity contribution in [1.29, 1.82) is 0 Å². The van der Waals surface area contributed by atoms with Gasteiger partial charge in [-0.2, -0.15) is 0 Å². The number of para-hydroxylation sites is 1. The number of nitrogens with one attached hydrogen (secondary N) is 1. The van der Waals surface area contributed by atoms with Crippen LogP contribution in [-0.4, -0.2) is 10.1 Å². The Bertz CT molecular complexity index is 491. The minimum Gasteiger partial charge on any atom is -0.506 e. The first-order chi connectivity index (χ1) is 8.16. The van der Waals surface area contributed by atoms with Crippen molar-refractivity contribution in [1.82, 2.24) is 4.98 Å². The number of pyridine rings is 1. The first-order valence-electron chi connectivity index (χ1n) is 5.29. The van der Waals surface area contributed by atoms with E-state index in [4.69, 9.17) is 5.11 Å². The number of aromatic nitrogens is 1. The van der Waals surface area contributed by atoms with E-state index in [9.17, 15) is 4.39 Å². The maximum atomic E-state index is 13.5. The first kappa shape index (κ1) is 11.4. The van der Waals surface area contributed by atoms with Gasteiger partial charge in [-0.25, -0.2) is 4.39 Å². The molecule has 0 atom stereocenters. The Morgan fingerprint density at radius 3 is 2.76 bits per heavy atom. The maximum absolute atomic E-state index is 13.5. The lowest BCUT2D eigenvalue weighted by Gasteiger charge is -2.09. The molecule has 4 heteroatoms. The van der Waals surface area contributed by atoms with Crippen LogP contribution in [0.1, 0.15) is 11.3 Å². The van der Waals surface area contributed by atoms with E-state index >= 15 is 0 Å². The summed E-state index contributed by atoms with van der Waals surface area (Å²) < 4.78 is 13.5. The molecule has 0 saturated heterocycles. The monoisotopic (exact) mass is 232 g/mol. The molecule has 1 heterocycles. The minimum absolute atomic E-state index is 0.121. The number of nitrogens with zero attached hydrogens (tertiary/aromatic N) is 1. The quantitative estimate of drug-likeness (QED) is 0.855. The zero-order valence-corrected chi connectivity index (χ0v) is 9.44. The second kappa shape index (κ2) is 4.82. The van der Waals surface area contributed by atoms with Gasteiger partial charge in [0.05, 0.1) is 24.1 Å². The molecule has 0 amide bonds. The number of aromatic hydroxyl groups is 1. The SMILES string of the molecule is Cc1cccc(F)c1NCc1ccc(O)cn1. The van der Waals surface area contributed by atoms with Gasteiger partial charge >= 0.3 is 0 Å². The average molecular weight is 232 g/mol. The Morgan fingerprint density at radius 2 is 2.12 bits per heavy atom. The van der Waals surface area contributed by atoms with Crippen LogP contribution in [0.5, 0.6) is 5.75 Å². The summed E-state index contributed by atoms with van der Waals surface area (Å²) in [6.45, 7) is 2.26. The van der Waals surface area contributed by atoms with E-state index in [1.54, 1.807) is 18.2 Å². The van der Waals surface area contributed by atoms with Gasteiger partial charge in [0.25, 0.3) is 0 Å². The molecule has 0 fully saturated rings. The summed E-state index contributed by atoms with van der Waals surface area (Å²) in [5.41, 5.74) is 2.08. The highest BCUT2D eigenvalue weighted by molar-refractivity contribution is 5.51. The van der Waals surface area contributed by atoms with E-state index in [2.05, 4.69) is 10.3 Å². The highest BCUT2D eigenvalue weighted by atomic mass is 19.1.